The summed E-state index contributed by atoms with van der Waals surface area (Å²) in [7, 11) is 1.92. The van der Waals surface area contributed by atoms with E-state index < -0.39 is 0 Å². The van der Waals surface area contributed by atoms with E-state index in [-0.39, 0.29) is 5.82 Å². The minimum absolute atomic E-state index is 0.289. The number of rotatable bonds is 0. The Hall–Kier alpha value is -1.02. The maximum atomic E-state index is 12.9. The van der Waals surface area contributed by atoms with Gasteiger partial charge >= 0.3 is 0 Å². The van der Waals surface area contributed by atoms with Crippen LogP contribution in [-0.4, -0.2) is 4.57 Å². The molecule has 0 aliphatic heterocycles. The molecule has 13 heavy (non-hydrogen) atoms. The molecule has 0 aliphatic rings. The lowest BCUT2D eigenvalue weighted by Gasteiger charge is -2.00. The van der Waals surface area contributed by atoms with Crippen molar-refractivity contribution in [2.75, 3.05) is 0 Å². The molecule has 0 unspecified atom stereocenters. The summed E-state index contributed by atoms with van der Waals surface area (Å²) in [6.45, 7) is 1.97. The Balaban J connectivity index is 2.94. The molecular weight excluding hydrogens is 189 g/mol. The molecule has 0 fully saturated rings. The number of hydrogen-bond donors (Lipinski definition) is 0. The van der Waals surface area contributed by atoms with Crippen molar-refractivity contribution in [3.05, 3.63) is 34.7 Å². The molecule has 0 saturated heterocycles. The van der Waals surface area contributed by atoms with Crippen molar-refractivity contribution in [1.29, 1.82) is 0 Å². The van der Waals surface area contributed by atoms with E-state index >= 15 is 0 Å². The van der Waals surface area contributed by atoms with Gasteiger partial charge in [-0.1, -0.05) is 11.6 Å². The molecule has 0 radical (unpaired) electrons. The highest BCUT2D eigenvalue weighted by molar-refractivity contribution is 6.35. The fraction of sp³-hybridized carbons (Fsp3) is 0.200. The maximum absolute atomic E-state index is 12.9. The topological polar surface area (TPSA) is 4.93 Å². The molecule has 1 aromatic carbocycles. The monoisotopic (exact) mass is 197 g/mol. The van der Waals surface area contributed by atoms with Crippen LogP contribution in [-0.2, 0) is 7.05 Å². The fourth-order valence-electron chi connectivity index (χ4n) is 1.55. The van der Waals surface area contributed by atoms with Gasteiger partial charge < -0.3 is 4.57 Å². The summed E-state index contributed by atoms with van der Waals surface area (Å²) in [5.41, 5.74) is 1.96. The van der Waals surface area contributed by atoms with Crippen molar-refractivity contribution in [3.63, 3.8) is 0 Å². The van der Waals surface area contributed by atoms with Crippen molar-refractivity contribution in [2.24, 2.45) is 7.05 Å². The van der Waals surface area contributed by atoms with Crippen molar-refractivity contribution in [3.8, 4) is 0 Å². The summed E-state index contributed by atoms with van der Waals surface area (Å²) < 4.78 is 14.9. The van der Waals surface area contributed by atoms with Gasteiger partial charge in [0, 0.05) is 18.1 Å². The molecule has 68 valence electrons. The van der Waals surface area contributed by atoms with Crippen LogP contribution in [0.2, 0.25) is 5.02 Å². The lowest BCUT2D eigenvalue weighted by molar-refractivity contribution is 0.629. The Morgan fingerprint density at radius 1 is 1.31 bits per heavy atom. The number of hydrogen-bond acceptors (Lipinski definition) is 0. The molecule has 2 aromatic rings. The zero-order valence-electron chi connectivity index (χ0n) is 7.44. The predicted molar refractivity (Wildman–Crippen MR) is 52.6 cm³/mol. The van der Waals surface area contributed by atoms with Gasteiger partial charge in [0.1, 0.15) is 5.82 Å². The van der Waals surface area contributed by atoms with Crippen LogP contribution in [0.4, 0.5) is 4.39 Å². The van der Waals surface area contributed by atoms with E-state index in [1.54, 1.807) is 0 Å². The molecular formula is C10H9ClFN. The normalized spacial score (nSPS) is 11.1. The molecule has 0 bridgehead atoms. The molecule has 0 atom stereocenters. The maximum Gasteiger partial charge on any atom is 0.125 e. The van der Waals surface area contributed by atoms with Crippen molar-refractivity contribution < 1.29 is 4.39 Å². The summed E-state index contributed by atoms with van der Waals surface area (Å²) in [6.07, 6.45) is 0. The quantitative estimate of drug-likeness (QED) is 0.611. The fourth-order valence-corrected chi connectivity index (χ4v) is 1.89. The van der Waals surface area contributed by atoms with Gasteiger partial charge in [0.05, 0.1) is 10.5 Å². The SMILES string of the molecule is Cc1cc2cc(F)cc(Cl)c2n1C. The smallest absolute Gasteiger partial charge is 0.125 e. The lowest BCUT2D eigenvalue weighted by Crippen LogP contribution is -1.90. The minimum Gasteiger partial charge on any atom is -0.347 e. The second-order valence-electron chi connectivity index (χ2n) is 3.17. The van der Waals surface area contributed by atoms with E-state index in [2.05, 4.69) is 0 Å². The predicted octanol–water partition coefficient (Wildman–Crippen LogP) is 3.28. The number of nitrogens with zero attached hydrogens (tertiary/aromatic N) is 1. The van der Waals surface area contributed by atoms with E-state index in [0.29, 0.717) is 5.02 Å². The number of benzene rings is 1. The van der Waals surface area contributed by atoms with Crippen molar-refractivity contribution >= 4 is 22.5 Å². The van der Waals surface area contributed by atoms with Crippen molar-refractivity contribution in [2.45, 2.75) is 6.92 Å². The molecule has 1 aromatic heterocycles. The molecule has 0 spiro atoms. The van der Waals surface area contributed by atoms with Crippen LogP contribution in [0, 0.1) is 12.7 Å². The second kappa shape index (κ2) is 2.74. The molecule has 0 amide bonds. The van der Waals surface area contributed by atoms with Gasteiger partial charge in [0.25, 0.3) is 0 Å². The first kappa shape index (κ1) is 8.57. The lowest BCUT2D eigenvalue weighted by atomic mass is 10.2. The van der Waals surface area contributed by atoms with E-state index in [1.165, 1.54) is 12.1 Å². The number of aryl methyl sites for hydroxylation is 2. The van der Waals surface area contributed by atoms with Gasteiger partial charge in [-0.2, -0.15) is 0 Å². The summed E-state index contributed by atoms with van der Waals surface area (Å²) in [6, 6.07) is 4.75. The summed E-state index contributed by atoms with van der Waals surface area (Å²) >= 11 is 5.92. The minimum atomic E-state index is -0.289. The van der Waals surface area contributed by atoms with Crippen LogP contribution >= 0.6 is 11.6 Å². The summed E-state index contributed by atoms with van der Waals surface area (Å²) in [5.74, 6) is -0.289. The zero-order chi connectivity index (χ0) is 9.59. The average molecular weight is 198 g/mol. The Bertz CT molecular complexity index is 473. The standard InChI is InChI=1S/C10H9ClFN/c1-6-3-7-4-8(12)5-9(11)10(7)13(6)2/h3-5H,1-2H3. The van der Waals surface area contributed by atoms with E-state index in [1.807, 2.05) is 24.6 Å². The van der Waals surface area contributed by atoms with Crippen LogP contribution in [0.3, 0.4) is 0 Å². The zero-order valence-corrected chi connectivity index (χ0v) is 8.19. The van der Waals surface area contributed by atoms with Gasteiger partial charge in [-0.15, -0.1) is 0 Å². The average Bonchev–Trinajstić information content (AvgIpc) is 2.27. The van der Waals surface area contributed by atoms with Crippen LogP contribution in [0.15, 0.2) is 18.2 Å². The van der Waals surface area contributed by atoms with Crippen LogP contribution in [0.5, 0.6) is 0 Å². The molecule has 3 heteroatoms. The van der Waals surface area contributed by atoms with Gasteiger partial charge in [0.2, 0.25) is 0 Å². The number of fused-ring (bicyclic) bond motifs is 1. The first-order chi connectivity index (χ1) is 6.09. The van der Waals surface area contributed by atoms with Crippen LogP contribution in [0.25, 0.3) is 10.9 Å². The van der Waals surface area contributed by atoms with E-state index in [9.17, 15) is 4.39 Å². The first-order valence-corrected chi connectivity index (χ1v) is 4.38. The Morgan fingerprint density at radius 2 is 2.00 bits per heavy atom. The van der Waals surface area contributed by atoms with Gasteiger partial charge in [-0.25, -0.2) is 4.39 Å². The highest BCUT2D eigenvalue weighted by Gasteiger charge is 2.07. The molecule has 0 saturated carbocycles. The Labute approximate surface area is 80.7 Å². The van der Waals surface area contributed by atoms with E-state index in [4.69, 9.17) is 11.6 Å². The molecule has 2 rings (SSSR count). The van der Waals surface area contributed by atoms with Crippen LogP contribution in [0.1, 0.15) is 5.69 Å². The third kappa shape index (κ3) is 1.22. The first-order valence-electron chi connectivity index (χ1n) is 4.00. The summed E-state index contributed by atoms with van der Waals surface area (Å²) in [4.78, 5) is 0. The van der Waals surface area contributed by atoms with Crippen molar-refractivity contribution in [1.82, 2.24) is 4.57 Å². The third-order valence-electron chi connectivity index (χ3n) is 2.29. The number of halogens is 2. The highest BCUT2D eigenvalue weighted by Crippen LogP contribution is 2.27. The largest absolute Gasteiger partial charge is 0.347 e. The summed E-state index contributed by atoms with van der Waals surface area (Å²) in [5, 5.41) is 1.32. The molecule has 0 N–H and O–H groups in total. The van der Waals surface area contributed by atoms with E-state index in [0.717, 1.165) is 16.6 Å². The molecule has 1 heterocycles. The molecule has 0 aliphatic carbocycles. The third-order valence-corrected chi connectivity index (χ3v) is 2.57. The highest BCUT2D eigenvalue weighted by atomic mass is 35.5. The molecule has 1 nitrogen and oxygen atoms in total. The number of aromatic nitrogens is 1. The Kier molecular flexibility index (Phi) is 1.81. The second-order valence-corrected chi connectivity index (χ2v) is 3.58. The van der Waals surface area contributed by atoms with Gasteiger partial charge in [0.15, 0.2) is 0 Å². The van der Waals surface area contributed by atoms with Gasteiger partial charge in [-0.3, -0.25) is 0 Å². The Morgan fingerprint density at radius 3 is 2.69 bits per heavy atom. The van der Waals surface area contributed by atoms with Gasteiger partial charge in [-0.05, 0) is 25.1 Å². The van der Waals surface area contributed by atoms with Crippen LogP contribution < -0.4 is 0 Å².